The zero-order chi connectivity index (χ0) is 12.6. The third kappa shape index (κ3) is 4.13. The van der Waals surface area contributed by atoms with Crippen LogP contribution < -0.4 is 0 Å². The van der Waals surface area contributed by atoms with E-state index in [0.29, 0.717) is 6.10 Å². The normalized spacial score (nSPS) is 18.6. The van der Waals surface area contributed by atoms with Crippen molar-refractivity contribution in [1.82, 2.24) is 0 Å². The smallest absolute Gasteiger partial charge is 0.0723 e. The molecular formula is C17H26O. The highest BCUT2D eigenvalue weighted by atomic mass is 16.5. The first-order chi connectivity index (χ1) is 8.90. The summed E-state index contributed by atoms with van der Waals surface area (Å²) in [6.07, 6.45) is 11.1. The highest BCUT2D eigenvalue weighted by Crippen LogP contribution is 2.23. The lowest BCUT2D eigenvalue weighted by Gasteiger charge is -2.25. The van der Waals surface area contributed by atoms with Crippen molar-refractivity contribution in [2.45, 2.75) is 71.0 Å². The Morgan fingerprint density at radius 1 is 1.00 bits per heavy atom. The fraction of sp³-hybridized carbons (Fsp3) is 0.647. The number of benzene rings is 1. The molecule has 18 heavy (non-hydrogen) atoms. The third-order valence-corrected chi connectivity index (χ3v) is 3.92. The predicted octanol–water partition coefficient (Wildman–Crippen LogP) is 4.88. The number of rotatable bonds is 7. The molecule has 0 radical (unpaired) electrons. The molecule has 0 bridgehead atoms. The van der Waals surface area contributed by atoms with Crippen LogP contribution >= 0.6 is 0 Å². The van der Waals surface area contributed by atoms with E-state index in [2.05, 4.69) is 31.2 Å². The van der Waals surface area contributed by atoms with Crippen LogP contribution in [0.25, 0.3) is 0 Å². The molecule has 0 N–H and O–H groups in total. The van der Waals surface area contributed by atoms with E-state index in [0.717, 1.165) is 13.0 Å². The number of hydrogen-bond donors (Lipinski definition) is 0. The Balaban J connectivity index is 1.64. The average Bonchev–Trinajstić information content (AvgIpc) is 2.42. The molecule has 1 aromatic rings. The SMILES string of the molecule is CCCCCCCCC1Cc2ccccc2CO1. The summed E-state index contributed by atoms with van der Waals surface area (Å²) in [5, 5.41) is 0. The van der Waals surface area contributed by atoms with Gasteiger partial charge in [-0.25, -0.2) is 0 Å². The van der Waals surface area contributed by atoms with Crippen molar-refractivity contribution in [1.29, 1.82) is 0 Å². The van der Waals surface area contributed by atoms with E-state index in [1.54, 1.807) is 0 Å². The van der Waals surface area contributed by atoms with E-state index in [9.17, 15) is 0 Å². The lowest BCUT2D eigenvalue weighted by atomic mass is 9.96. The first kappa shape index (κ1) is 13.6. The molecule has 1 aliphatic heterocycles. The Morgan fingerprint density at radius 2 is 1.72 bits per heavy atom. The van der Waals surface area contributed by atoms with E-state index in [4.69, 9.17) is 4.74 Å². The van der Waals surface area contributed by atoms with Crippen molar-refractivity contribution < 1.29 is 4.74 Å². The fourth-order valence-corrected chi connectivity index (χ4v) is 2.75. The zero-order valence-corrected chi connectivity index (χ0v) is 11.7. The molecule has 0 fully saturated rings. The topological polar surface area (TPSA) is 9.23 Å². The van der Waals surface area contributed by atoms with Crippen LogP contribution in [-0.2, 0) is 17.8 Å². The second-order valence-electron chi connectivity index (χ2n) is 5.46. The summed E-state index contributed by atoms with van der Waals surface area (Å²) in [6, 6.07) is 8.70. The van der Waals surface area contributed by atoms with Crippen LogP contribution in [0.5, 0.6) is 0 Å². The molecule has 0 spiro atoms. The monoisotopic (exact) mass is 246 g/mol. The Labute approximate surface area is 112 Å². The van der Waals surface area contributed by atoms with E-state index >= 15 is 0 Å². The first-order valence-corrected chi connectivity index (χ1v) is 7.58. The van der Waals surface area contributed by atoms with Crippen LogP contribution in [0.3, 0.4) is 0 Å². The average molecular weight is 246 g/mol. The summed E-state index contributed by atoms with van der Waals surface area (Å²) in [5.74, 6) is 0. The van der Waals surface area contributed by atoms with Gasteiger partial charge in [0.1, 0.15) is 0 Å². The minimum Gasteiger partial charge on any atom is -0.373 e. The Hall–Kier alpha value is -0.820. The van der Waals surface area contributed by atoms with Gasteiger partial charge in [-0.15, -0.1) is 0 Å². The van der Waals surface area contributed by atoms with Crippen LogP contribution in [0, 0.1) is 0 Å². The molecule has 1 unspecified atom stereocenters. The summed E-state index contributed by atoms with van der Waals surface area (Å²) >= 11 is 0. The highest BCUT2D eigenvalue weighted by molar-refractivity contribution is 5.28. The summed E-state index contributed by atoms with van der Waals surface area (Å²) in [4.78, 5) is 0. The molecule has 2 rings (SSSR count). The summed E-state index contributed by atoms with van der Waals surface area (Å²) in [5.41, 5.74) is 2.89. The molecule has 0 aromatic heterocycles. The molecule has 0 saturated heterocycles. The molecule has 1 aromatic carbocycles. The van der Waals surface area contributed by atoms with Gasteiger partial charge in [0.15, 0.2) is 0 Å². The Bertz CT molecular complexity index is 345. The maximum Gasteiger partial charge on any atom is 0.0723 e. The van der Waals surface area contributed by atoms with Crippen LogP contribution in [0.4, 0.5) is 0 Å². The van der Waals surface area contributed by atoms with Crippen LogP contribution in [0.2, 0.25) is 0 Å². The standard InChI is InChI=1S/C17H26O/c1-2-3-4-5-6-7-12-17-13-15-10-8-9-11-16(15)14-18-17/h8-11,17H,2-7,12-14H2,1H3. The van der Waals surface area contributed by atoms with Crippen LogP contribution in [0.15, 0.2) is 24.3 Å². The predicted molar refractivity (Wildman–Crippen MR) is 76.7 cm³/mol. The number of unbranched alkanes of at least 4 members (excludes halogenated alkanes) is 5. The minimum absolute atomic E-state index is 0.464. The maximum absolute atomic E-state index is 5.93. The molecule has 1 aliphatic rings. The van der Waals surface area contributed by atoms with Crippen LogP contribution in [0.1, 0.15) is 63.0 Å². The number of ether oxygens (including phenoxy) is 1. The fourth-order valence-electron chi connectivity index (χ4n) is 2.75. The first-order valence-electron chi connectivity index (χ1n) is 7.58. The van der Waals surface area contributed by atoms with Gasteiger partial charge in [0.05, 0.1) is 12.7 Å². The Morgan fingerprint density at radius 3 is 2.56 bits per heavy atom. The number of hydrogen-bond acceptors (Lipinski definition) is 1. The van der Waals surface area contributed by atoms with Crippen molar-refractivity contribution in [3.63, 3.8) is 0 Å². The van der Waals surface area contributed by atoms with Crippen molar-refractivity contribution in [3.05, 3.63) is 35.4 Å². The van der Waals surface area contributed by atoms with E-state index in [1.807, 2.05) is 0 Å². The van der Waals surface area contributed by atoms with E-state index < -0.39 is 0 Å². The van der Waals surface area contributed by atoms with Gasteiger partial charge in [0.2, 0.25) is 0 Å². The lowest BCUT2D eigenvalue weighted by molar-refractivity contribution is 0.0217. The molecule has 1 nitrogen and oxygen atoms in total. The second-order valence-corrected chi connectivity index (χ2v) is 5.46. The molecule has 0 amide bonds. The van der Waals surface area contributed by atoms with Gasteiger partial charge in [-0.1, -0.05) is 69.7 Å². The van der Waals surface area contributed by atoms with Crippen molar-refractivity contribution >= 4 is 0 Å². The quantitative estimate of drug-likeness (QED) is 0.623. The Kier molecular flexibility index (Phi) is 5.73. The van der Waals surface area contributed by atoms with Gasteiger partial charge < -0.3 is 4.74 Å². The molecule has 1 heteroatoms. The highest BCUT2D eigenvalue weighted by Gasteiger charge is 2.17. The molecule has 1 atom stereocenters. The molecule has 1 heterocycles. The summed E-state index contributed by atoms with van der Waals surface area (Å²) in [6.45, 7) is 3.09. The van der Waals surface area contributed by atoms with E-state index in [-0.39, 0.29) is 0 Å². The molecular weight excluding hydrogens is 220 g/mol. The molecule has 100 valence electrons. The van der Waals surface area contributed by atoms with Crippen LogP contribution in [-0.4, -0.2) is 6.10 Å². The van der Waals surface area contributed by atoms with Gasteiger partial charge in [-0.05, 0) is 24.0 Å². The van der Waals surface area contributed by atoms with Gasteiger partial charge in [0, 0.05) is 0 Å². The number of fused-ring (bicyclic) bond motifs is 1. The van der Waals surface area contributed by atoms with Gasteiger partial charge >= 0.3 is 0 Å². The molecule has 0 saturated carbocycles. The maximum atomic E-state index is 5.93. The second kappa shape index (κ2) is 7.58. The third-order valence-electron chi connectivity index (χ3n) is 3.92. The van der Waals surface area contributed by atoms with Gasteiger partial charge in [-0.2, -0.15) is 0 Å². The van der Waals surface area contributed by atoms with E-state index in [1.165, 1.54) is 56.1 Å². The molecule has 0 aliphatic carbocycles. The van der Waals surface area contributed by atoms with Crippen molar-refractivity contribution in [2.24, 2.45) is 0 Å². The lowest BCUT2D eigenvalue weighted by Crippen LogP contribution is -2.22. The van der Waals surface area contributed by atoms with Gasteiger partial charge in [-0.3, -0.25) is 0 Å². The van der Waals surface area contributed by atoms with Gasteiger partial charge in [0.25, 0.3) is 0 Å². The summed E-state index contributed by atoms with van der Waals surface area (Å²) < 4.78 is 5.93. The van der Waals surface area contributed by atoms with Crippen molar-refractivity contribution in [2.75, 3.05) is 0 Å². The minimum atomic E-state index is 0.464. The largest absolute Gasteiger partial charge is 0.373 e. The zero-order valence-electron chi connectivity index (χ0n) is 11.7. The van der Waals surface area contributed by atoms with Crippen molar-refractivity contribution in [3.8, 4) is 0 Å². The summed E-state index contributed by atoms with van der Waals surface area (Å²) in [7, 11) is 0.